The lowest BCUT2D eigenvalue weighted by molar-refractivity contribution is 0.413. The Balaban J connectivity index is 2.54. The number of nitrogens with zero attached hydrogens (tertiary/aromatic N) is 3. The highest BCUT2D eigenvalue weighted by Crippen LogP contribution is 2.25. The maximum atomic E-state index is 5.73. The molecule has 0 saturated carbocycles. The summed E-state index contributed by atoms with van der Waals surface area (Å²) in [4.78, 5) is 12.2. The fraction of sp³-hybridized carbons (Fsp3) is 0.182. The number of ether oxygens (including phenoxy) is 1. The standard InChI is InChI=1S/C11H12N4O/c1-7-10(14-6-15-11(7)12)8-3-9(16-2)5-13-4-8/h3-6H,1-2H3,(H2,12,14,15). The smallest absolute Gasteiger partial charge is 0.137 e. The molecule has 0 aliphatic carbocycles. The number of hydrogen-bond donors (Lipinski definition) is 1. The first-order valence-corrected chi connectivity index (χ1v) is 4.79. The van der Waals surface area contributed by atoms with E-state index in [4.69, 9.17) is 10.5 Å². The minimum absolute atomic E-state index is 0.479. The van der Waals surface area contributed by atoms with Gasteiger partial charge in [0.2, 0.25) is 0 Å². The first-order chi connectivity index (χ1) is 7.72. The number of nitrogens with two attached hydrogens (primary N) is 1. The maximum Gasteiger partial charge on any atom is 0.137 e. The Labute approximate surface area is 93.3 Å². The van der Waals surface area contributed by atoms with Gasteiger partial charge in [0.05, 0.1) is 19.0 Å². The molecule has 2 aromatic heterocycles. The van der Waals surface area contributed by atoms with Crippen molar-refractivity contribution < 1.29 is 4.74 Å². The Morgan fingerprint density at radius 2 is 2.06 bits per heavy atom. The van der Waals surface area contributed by atoms with Crippen molar-refractivity contribution in [2.75, 3.05) is 12.8 Å². The van der Waals surface area contributed by atoms with Crippen molar-refractivity contribution in [2.24, 2.45) is 0 Å². The molecule has 0 atom stereocenters. The average molecular weight is 216 g/mol. The van der Waals surface area contributed by atoms with E-state index >= 15 is 0 Å². The van der Waals surface area contributed by atoms with E-state index in [1.165, 1.54) is 6.33 Å². The molecule has 5 heteroatoms. The topological polar surface area (TPSA) is 73.9 Å². The van der Waals surface area contributed by atoms with Gasteiger partial charge in [0.15, 0.2) is 0 Å². The lowest BCUT2D eigenvalue weighted by Crippen LogP contribution is -1.98. The fourth-order valence-corrected chi connectivity index (χ4v) is 1.41. The minimum Gasteiger partial charge on any atom is -0.495 e. The molecule has 0 unspecified atom stereocenters. The van der Waals surface area contributed by atoms with Crippen molar-refractivity contribution in [3.63, 3.8) is 0 Å². The second kappa shape index (κ2) is 4.14. The number of methoxy groups -OCH3 is 1. The summed E-state index contributed by atoms with van der Waals surface area (Å²) in [6.45, 7) is 1.88. The van der Waals surface area contributed by atoms with Crippen molar-refractivity contribution in [1.82, 2.24) is 15.0 Å². The molecule has 2 heterocycles. The fourth-order valence-electron chi connectivity index (χ4n) is 1.41. The van der Waals surface area contributed by atoms with Crippen LogP contribution in [0.1, 0.15) is 5.56 Å². The Kier molecular flexibility index (Phi) is 2.68. The Hall–Kier alpha value is -2.17. The third-order valence-electron chi connectivity index (χ3n) is 2.35. The van der Waals surface area contributed by atoms with Crippen LogP contribution < -0.4 is 10.5 Å². The van der Waals surface area contributed by atoms with Crippen LogP contribution in [0.3, 0.4) is 0 Å². The zero-order valence-electron chi connectivity index (χ0n) is 9.14. The molecule has 0 aliphatic heterocycles. The molecular weight excluding hydrogens is 204 g/mol. The zero-order chi connectivity index (χ0) is 11.5. The van der Waals surface area contributed by atoms with Crippen LogP contribution in [0.4, 0.5) is 5.82 Å². The summed E-state index contributed by atoms with van der Waals surface area (Å²) in [7, 11) is 1.60. The van der Waals surface area contributed by atoms with E-state index < -0.39 is 0 Å². The van der Waals surface area contributed by atoms with Gasteiger partial charge in [-0.25, -0.2) is 9.97 Å². The van der Waals surface area contributed by atoms with Crippen LogP contribution in [0, 0.1) is 6.92 Å². The summed E-state index contributed by atoms with van der Waals surface area (Å²) in [5.41, 5.74) is 8.21. The van der Waals surface area contributed by atoms with Crippen LogP contribution in [0.25, 0.3) is 11.3 Å². The molecule has 0 fully saturated rings. The summed E-state index contributed by atoms with van der Waals surface area (Å²) >= 11 is 0. The van der Waals surface area contributed by atoms with Crippen molar-refractivity contribution in [3.8, 4) is 17.0 Å². The SMILES string of the molecule is COc1cncc(-c2ncnc(N)c2C)c1. The number of nitrogen functional groups attached to an aromatic ring is 1. The second-order valence-electron chi connectivity index (χ2n) is 3.35. The molecule has 0 saturated heterocycles. The molecule has 2 aromatic rings. The largest absolute Gasteiger partial charge is 0.495 e. The van der Waals surface area contributed by atoms with Crippen LogP contribution in [0.2, 0.25) is 0 Å². The summed E-state index contributed by atoms with van der Waals surface area (Å²) in [6, 6.07) is 1.86. The number of aromatic nitrogens is 3. The van der Waals surface area contributed by atoms with E-state index in [0.29, 0.717) is 11.6 Å². The second-order valence-corrected chi connectivity index (χ2v) is 3.35. The normalized spacial score (nSPS) is 10.1. The highest BCUT2D eigenvalue weighted by atomic mass is 16.5. The van der Waals surface area contributed by atoms with Crippen molar-refractivity contribution >= 4 is 5.82 Å². The molecule has 0 spiro atoms. The van der Waals surface area contributed by atoms with Gasteiger partial charge in [0, 0.05) is 17.3 Å². The van der Waals surface area contributed by atoms with Crippen LogP contribution in [0.15, 0.2) is 24.8 Å². The summed E-state index contributed by atoms with van der Waals surface area (Å²) < 4.78 is 5.11. The molecule has 0 amide bonds. The molecule has 0 bridgehead atoms. The monoisotopic (exact) mass is 216 g/mol. The number of hydrogen-bond acceptors (Lipinski definition) is 5. The molecule has 0 aromatic carbocycles. The van der Waals surface area contributed by atoms with Gasteiger partial charge in [-0.1, -0.05) is 0 Å². The van der Waals surface area contributed by atoms with Gasteiger partial charge in [0.25, 0.3) is 0 Å². The van der Waals surface area contributed by atoms with Gasteiger partial charge in [-0.3, -0.25) is 4.98 Å². The average Bonchev–Trinajstić information content (AvgIpc) is 2.33. The number of rotatable bonds is 2. The van der Waals surface area contributed by atoms with Crippen molar-refractivity contribution in [1.29, 1.82) is 0 Å². The van der Waals surface area contributed by atoms with Crippen LogP contribution in [0.5, 0.6) is 5.75 Å². The van der Waals surface area contributed by atoms with E-state index in [0.717, 1.165) is 16.8 Å². The summed E-state index contributed by atoms with van der Waals surface area (Å²) in [6.07, 6.45) is 4.80. The van der Waals surface area contributed by atoms with E-state index in [-0.39, 0.29) is 0 Å². The molecule has 82 valence electrons. The van der Waals surface area contributed by atoms with Crippen molar-refractivity contribution in [3.05, 3.63) is 30.4 Å². The molecule has 2 N–H and O–H groups in total. The van der Waals surface area contributed by atoms with E-state index in [9.17, 15) is 0 Å². The number of anilines is 1. The van der Waals surface area contributed by atoms with Crippen LogP contribution in [-0.4, -0.2) is 22.1 Å². The van der Waals surface area contributed by atoms with Crippen molar-refractivity contribution in [2.45, 2.75) is 6.92 Å². The first kappa shape index (κ1) is 10.4. The summed E-state index contributed by atoms with van der Waals surface area (Å²) in [5, 5.41) is 0. The Morgan fingerprint density at radius 1 is 1.25 bits per heavy atom. The lowest BCUT2D eigenvalue weighted by Gasteiger charge is -2.07. The van der Waals surface area contributed by atoms with Crippen LogP contribution >= 0.6 is 0 Å². The number of pyridine rings is 1. The molecule has 0 aliphatic rings. The summed E-state index contributed by atoms with van der Waals surface area (Å²) in [5.74, 6) is 1.17. The third-order valence-corrected chi connectivity index (χ3v) is 2.35. The predicted octanol–water partition coefficient (Wildman–Crippen LogP) is 1.44. The molecule has 5 nitrogen and oxygen atoms in total. The first-order valence-electron chi connectivity index (χ1n) is 4.79. The van der Waals surface area contributed by atoms with Gasteiger partial charge in [-0.15, -0.1) is 0 Å². The third kappa shape index (κ3) is 1.79. The Morgan fingerprint density at radius 3 is 2.81 bits per heavy atom. The van der Waals surface area contributed by atoms with Gasteiger partial charge in [-0.05, 0) is 13.0 Å². The van der Waals surface area contributed by atoms with E-state index in [1.807, 2.05) is 13.0 Å². The van der Waals surface area contributed by atoms with Gasteiger partial charge >= 0.3 is 0 Å². The molecular formula is C11H12N4O. The quantitative estimate of drug-likeness (QED) is 0.822. The van der Waals surface area contributed by atoms with Crippen LogP contribution in [-0.2, 0) is 0 Å². The zero-order valence-corrected chi connectivity index (χ0v) is 9.14. The predicted molar refractivity (Wildman–Crippen MR) is 61.0 cm³/mol. The Bertz CT molecular complexity index is 513. The highest BCUT2D eigenvalue weighted by molar-refractivity contribution is 5.67. The van der Waals surface area contributed by atoms with Gasteiger partial charge in [-0.2, -0.15) is 0 Å². The molecule has 16 heavy (non-hydrogen) atoms. The lowest BCUT2D eigenvalue weighted by atomic mass is 10.1. The van der Waals surface area contributed by atoms with E-state index in [2.05, 4.69) is 15.0 Å². The highest BCUT2D eigenvalue weighted by Gasteiger charge is 2.07. The minimum atomic E-state index is 0.479. The maximum absolute atomic E-state index is 5.73. The molecule has 2 rings (SSSR count). The van der Waals surface area contributed by atoms with E-state index in [1.54, 1.807) is 19.5 Å². The van der Waals surface area contributed by atoms with Gasteiger partial charge in [0.1, 0.15) is 17.9 Å². The van der Waals surface area contributed by atoms with Gasteiger partial charge < -0.3 is 10.5 Å². The molecule has 0 radical (unpaired) electrons.